The van der Waals surface area contributed by atoms with Gasteiger partial charge in [-0.15, -0.1) is 0 Å². The summed E-state index contributed by atoms with van der Waals surface area (Å²) in [6.45, 7) is 7.18. The Balaban J connectivity index is 4.57. The predicted molar refractivity (Wildman–Crippen MR) is 73.1 cm³/mol. The molecule has 0 saturated carbocycles. The molecule has 0 radical (unpaired) electrons. The molecule has 0 fully saturated rings. The summed E-state index contributed by atoms with van der Waals surface area (Å²) in [5.41, 5.74) is -0.734. The number of hydrogen-bond acceptors (Lipinski definition) is 4. The summed E-state index contributed by atoms with van der Waals surface area (Å²) in [6.07, 6.45) is 0. The highest BCUT2D eigenvalue weighted by Crippen LogP contribution is 2.26. The first-order valence-electron chi connectivity index (χ1n) is 6.41. The highest BCUT2D eigenvalue weighted by molar-refractivity contribution is 5.99. The van der Waals surface area contributed by atoms with Gasteiger partial charge in [-0.05, 0) is 12.3 Å². The molecule has 2 amide bonds. The number of amides is 2. The second-order valence-electron chi connectivity index (χ2n) is 5.65. The van der Waals surface area contributed by atoms with Crippen LogP contribution in [-0.2, 0) is 19.1 Å². The van der Waals surface area contributed by atoms with E-state index in [1.54, 1.807) is 20.8 Å². The van der Waals surface area contributed by atoms with Crippen LogP contribution in [0.15, 0.2) is 0 Å². The van der Waals surface area contributed by atoms with Crippen LogP contribution in [0, 0.1) is 11.3 Å². The van der Waals surface area contributed by atoms with E-state index in [-0.39, 0.29) is 5.91 Å². The van der Waals surface area contributed by atoms with Crippen LogP contribution in [0.5, 0.6) is 0 Å². The second-order valence-corrected chi connectivity index (χ2v) is 5.65. The molecule has 0 aromatic carbocycles. The van der Waals surface area contributed by atoms with Crippen molar-refractivity contribution in [2.24, 2.45) is 11.3 Å². The van der Waals surface area contributed by atoms with Gasteiger partial charge in [0.05, 0.1) is 6.61 Å². The van der Waals surface area contributed by atoms with E-state index in [1.807, 2.05) is 0 Å². The molecule has 0 heterocycles. The number of carboxylic acid groups (broad SMARTS) is 1. The summed E-state index contributed by atoms with van der Waals surface area (Å²) in [5, 5.41) is 14.1. The minimum Gasteiger partial charge on any atom is -0.481 e. The average molecular weight is 288 g/mol. The maximum Gasteiger partial charge on any atom is 0.316 e. The van der Waals surface area contributed by atoms with Gasteiger partial charge in [0.25, 0.3) is 0 Å². The lowest BCUT2D eigenvalue weighted by Gasteiger charge is -2.27. The third-order valence-electron chi connectivity index (χ3n) is 2.73. The lowest BCUT2D eigenvalue weighted by molar-refractivity contribution is -0.152. The van der Waals surface area contributed by atoms with Crippen LogP contribution >= 0.6 is 0 Å². The van der Waals surface area contributed by atoms with Crippen molar-refractivity contribution in [3.8, 4) is 0 Å². The van der Waals surface area contributed by atoms with Crippen LogP contribution in [0.25, 0.3) is 0 Å². The monoisotopic (exact) mass is 288 g/mol. The van der Waals surface area contributed by atoms with Crippen molar-refractivity contribution >= 4 is 17.8 Å². The Labute approximate surface area is 119 Å². The molecule has 0 aliphatic rings. The van der Waals surface area contributed by atoms with Crippen LogP contribution < -0.4 is 10.6 Å². The van der Waals surface area contributed by atoms with Gasteiger partial charge in [-0.2, -0.15) is 0 Å². The lowest BCUT2D eigenvalue weighted by atomic mass is 9.80. The van der Waals surface area contributed by atoms with Crippen LogP contribution in [-0.4, -0.2) is 49.2 Å². The molecular formula is C13H24N2O5. The number of carbonyl (C=O) groups is 3. The smallest absolute Gasteiger partial charge is 0.316 e. The molecule has 0 rings (SSSR count). The van der Waals surface area contributed by atoms with Gasteiger partial charge >= 0.3 is 5.97 Å². The molecule has 2 unspecified atom stereocenters. The molecule has 0 aromatic rings. The Kier molecular flexibility index (Phi) is 7.20. The van der Waals surface area contributed by atoms with E-state index in [0.717, 1.165) is 0 Å². The van der Waals surface area contributed by atoms with Gasteiger partial charge in [0, 0.05) is 13.7 Å². The SMILES string of the molecule is COCCNC(=O)C(C)NC(=O)C(C(=O)O)C(C)(C)C. The fourth-order valence-electron chi connectivity index (χ4n) is 1.67. The van der Waals surface area contributed by atoms with Gasteiger partial charge in [-0.25, -0.2) is 0 Å². The summed E-state index contributed by atoms with van der Waals surface area (Å²) in [6, 6.07) is -0.802. The van der Waals surface area contributed by atoms with Gasteiger partial charge in [0.1, 0.15) is 12.0 Å². The van der Waals surface area contributed by atoms with Gasteiger partial charge in [-0.1, -0.05) is 20.8 Å². The molecule has 0 aliphatic carbocycles. The van der Waals surface area contributed by atoms with Crippen molar-refractivity contribution < 1.29 is 24.2 Å². The van der Waals surface area contributed by atoms with Crippen molar-refractivity contribution in [3.05, 3.63) is 0 Å². The first-order valence-corrected chi connectivity index (χ1v) is 6.41. The van der Waals surface area contributed by atoms with E-state index in [4.69, 9.17) is 9.84 Å². The zero-order valence-electron chi connectivity index (χ0n) is 12.6. The minimum atomic E-state index is -1.21. The van der Waals surface area contributed by atoms with Gasteiger partial charge in [0.15, 0.2) is 0 Å². The molecule has 2 atom stereocenters. The quantitative estimate of drug-likeness (QED) is 0.452. The van der Waals surface area contributed by atoms with E-state index in [2.05, 4.69) is 10.6 Å². The van der Waals surface area contributed by atoms with Crippen LogP contribution in [0.2, 0.25) is 0 Å². The number of rotatable bonds is 7. The fourth-order valence-corrected chi connectivity index (χ4v) is 1.67. The van der Waals surface area contributed by atoms with Crippen LogP contribution in [0.4, 0.5) is 0 Å². The van der Waals surface area contributed by atoms with Crippen LogP contribution in [0.3, 0.4) is 0 Å². The standard InChI is InChI=1S/C13H24N2O5/c1-8(10(16)14-6-7-20-5)15-11(17)9(12(18)19)13(2,3)4/h8-9H,6-7H2,1-5H3,(H,14,16)(H,15,17)(H,18,19). The normalized spacial score (nSPS) is 14.2. The topological polar surface area (TPSA) is 105 Å². The van der Waals surface area contributed by atoms with Gasteiger partial charge in [0.2, 0.25) is 11.8 Å². The second kappa shape index (κ2) is 7.84. The predicted octanol–water partition coefficient (Wildman–Crippen LogP) is 0.000600. The third kappa shape index (κ3) is 6.01. The van der Waals surface area contributed by atoms with Gasteiger partial charge < -0.3 is 20.5 Å². The Morgan fingerprint density at radius 3 is 2.15 bits per heavy atom. The van der Waals surface area contributed by atoms with Crippen molar-refractivity contribution in [1.29, 1.82) is 0 Å². The highest BCUT2D eigenvalue weighted by atomic mass is 16.5. The molecule has 3 N–H and O–H groups in total. The van der Waals surface area contributed by atoms with Crippen molar-refractivity contribution in [1.82, 2.24) is 10.6 Å². The molecule has 20 heavy (non-hydrogen) atoms. The maximum absolute atomic E-state index is 12.0. The minimum absolute atomic E-state index is 0.331. The Hall–Kier alpha value is -1.63. The van der Waals surface area contributed by atoms with E-state index in [9.17, 15) is 14.4 Å². The molecule has 0 spiro atoms. The number of hydrogen-bond donors (Lipinski definition) is 3. The zero-order valence-corrected chi connectivity index (χ0v) is 12.6. The summed E-state index contributed by atoms with van der Waals surface area (Å²) in [7, 11) is 1.51. The number of carboxylic acids is 1. The van der Waals surface area contributed by atoms with Crippen molar-refractivity contribution in [2.45, 2.75) is 33.7 Å². The first kappa shape index (κ1) is 18.4. The van der Waals surface area contributed by atoms with E-state index in [1.165, 1.54) is 14.0 Å². The molecule has 7 heteroatoms. The van der Waals surface area contributed by atoms with E-state index >= 15 is 0 Å². The Morgan fingerprint density at radius 1 is 1.20 bits per heavy atom. The summed E-state index contributed by atoms with van der Waals surface area (Å²) >= 11 is 0. The number of aliphatic carboxylic acids is 1. The van der Waals surface area contributed by atoms with Crippen molar-refractivity contribution in [2.75, 3.05) is 20.3 Å². The van der Waals surface area contributed by atoms with Crippen LogP contribution in [0.1, 0.15) is 27.7 Å². The molecular weight excluding hydrogens is 264 g/mol. The summed E-state index contributed by atoms with van der Waals surface area (Å²) < 4.78 is 4.79. The molecule has 0 bridgehead atoms. The molecule has 0 saturated heterocycles. The molecule has 0 aliphatic heterocycles. The Bertz CT molecular complexity index is 362. The number of ether oxygens (including phenoxy) is 1. The number of nitrogens with one attached hydrogen (secondary N) is 2. The average Bonchev–Trinajstić information content (AvgIpc) is 2.26. The zero-order chi connectivity index (χ0) is 15.9. The molecule has 7 nitrogen and oxygen atoms in total. The van der Waals surface area contributed by atoms with Crippen molar-refractivity contribution in [3.63, 3.8) is 0 Å². The molecule has 116 valence electrons. The lowest BCUT2D eigenvalue weighted by Crippen LogP contribution is -2.50. The van der Waals surface area contributed by atoms with E-state index < -0.39 is 29.3 Å². The fraction of sp³-hybridized carbons (Fsp3) is 0.769. The summed E-state index contributed by atoms with van der Waals surface area (Å²) in [4.78, 5) is 34.8. The number of methoxy groups -OCH3 is 1. The first-order chi connectivity index (χ1) is 9.11. The maximum atomic E-state index is 12.0. The summed E-state index contributed by atoms with van der Waals surface area (Å²) in [5.74, 6) is -3.47. The van der Waals surface area contributed by atoms with Gasteiger partial charge in [-0.3, -0.25) is 14.4 Å². The third-order valence-corrected chi connectivity index (χ3v) is 2.73. The van der Waals surface area contributed by atoms with E-state index in [0.29, 0.717) is 13.2 Å². The Morgan fingerprint density at radius 2 is 1.75 bits per heavy atom. The molecule has 0 aromatic heterocycles. The number of carbonyl (C=O) groups excluding carboxylic acids is 2. The highest BCUT2D eigenvalue weighted by Gasteiger charge is 2.38. The largest absolute Gasteiger partial charge is 0.481 e.